The van der Waals surface area contributed by atoms with E-state index in [-0.39, 0.29) is 10.9 Å². The van der Waals surface area contributed by atoms with Gasteiger partial charge in [-0.15, -0.1) is 0 Å². The molecule has 1 aliphatic heterocycles. The normalized spacial score (nSPS) is 19.1. The molecule has 0 bridgehead atoms. The fourth-order valence-corrected chi connectivity index (χ4v) is 5.70. The summed E-state index contributed by atoms with van der Waals surface area (Å²) in [5, 5.41) is 0. The van der Waals surface area contributed by atoms with Gasteiger partial charge in [-0.3, -0.25) is 0 Å². The van der Waals surface area contributed by atoms with Crippen molar-refractivity contribution in [3.63, 3.8) is 0 Å². The number of hydrogen-bond acceptors (Lipinski definition) is 5. The zero-order valence-corrected chi connectivity index (χ0v) is 14.8. The van der Waals surface area contributed by atoms with Crippen molar-refractivity contribution in [3.05, 3.63) is 53.6 Å². The molecule has 0 radical (unpaired) electrons. The third-order valence-electron chi connectivity index (χ3n) is 4.50. The highest BCUT2D eigenvalue weighted by atomic mass is 32.2. The van der Waals surface area contributed by atoms with Gasteiger partial charge in [-0.1, -0.05) is 35.9 Å². The van der Waals surface area contributed by atoms with Crippen LogP contribution >= 0.6 is 11.7 Å². The minimum absolute atomic E-state index is 0.113. The second kappa shape index (κ2) is 5.91. The van der Waals surface area contributed by atoms with E-state index < -0.39 is 10.0 Å². The Morgan fingerprint density at radius 3 is 2.71 bits per heavy atom. The van der Waals surface area contributed by atoms with Gasteiger partial charge in [0.1, 0.15) is 15.9 Å². The highest BCUT2D eigenvalue weighted by Gasteiger charge is 2.37. The number of aromatic nitrogens is 2. The summed E-state index contributed by atoms with van der Waals surface area (Å²) >= 11 is 1.04. The van der Waals surface area contributed by atoms with E-state index in [1.807, 2.05) is 31.2 Å². The van der Waals surface area contributed by atoms with Crippen LogP contribution in [0.3, 0.4) is 0 Å². The van der Waals surface area contributed by atoms with E-state index in [0.717, 1.165) is 30.1 Å². The lowest BCUT2D eigenvalue weighted by Crippen LogP contribution is -2.30. The first-order chi connectivity index (χ1) is 11.6. The van der Waals surface area contributed by atoms with Gasteiger partial charge >= 0.3 is 0 Å². The number of benzene rings is 2. The van der Waals surface area contributed by atoms with E-state index in [1.165, 1.54) is 5.56 Å². The van der Waals surface area contributed by atoms with Gasteiger partial charge in [-0.05, 0) is 37.5 Å². The van der Waals surface area contributed by atoms with Crippen molar-refractivity contribution >= 4 is 32.8 Å². The standard InChI is InChI=1S/C17H17N3O2S2/c1-12-7-9-13(10-8-12)15-5-3-11-20(15)24(21,22)16-6-2-4-14-17(16)19-23-18-14/h2,4,6-10,15H,3,5,11H2,1H3. The summed E-state index contributed by atoms with van der Waals surface area (Å²) < 4.78 is 36.5. The average molecular weight is 359 g/mol. The SMILES string of the molecule is Cc1ccc(C2CCCN2S(=O)(=O)c2cccc3nsnc23)cc1. The third-order valence-corrected chi connectivity index (χ3v) is 6.98. The fourth-order valence-electron chi connectivity index (χ4n) is 3.27. The van der Waals surface area contributed by atoms with E-state index >= 15 is 0 Å². The van der Waals surface area contributed by atoms with Gasteiger partial charge in [0.2, 0.25) is 10.0 Å². The largest absolute Gasteiger partial charge is 0.245 e. The molecule has 0 spiro atoms. The number of sulfonamides is 1. The molecule has 1 saturated heterocycles. The van der Waals surface area contributed by atoms with Crippen LogP contribution in [0.15, 0.2) is 47.4 Å². The summed E-state index contributed by atoms with van der Waals surface area (Å²) in [4.78, 5) is 0.257. The first kappa shape index (κ1) is 15.7. The summed E-state index contributed by atoms with van der Waals surface area (Å²) in [6, 6.07) is 13.2. The van der Waals surface area contributed by atoms with E-state index in [1.54, 1.807) is 22.5 Å². The van der Waals surface area contributed by atoms with Crippen LogP contribution < -0.4 is 0 Å². The summed E-state index contributed by atoms with van der Waals surface area (Å²) in [5.41, 5.74) is 3.32. The third kappa shape index (κ3) is 2.53. The van der Waals surface area contributed by atoms with Crippen LogP contribution in [0.5, 0.6) is 0 Å². The molecule has 3 aromatic rings. The van der Waals surface area contributed by atoms with Crippen LogP contribution in [0.25, 0.3) is 11.0 Å². The fraction of sp³-hybridized carbons (Fsp3) is 0.294. The van der Waals surface area contributed by atoms with Crippen molar-refractivity contribution in [2.45, 2.75) is 30.7 Å². The Hall–Kier alpha value is -1.83. The number of fused-ring (bicyclic) bond motifs is 1. The van der Waals surface area contributed by atoms with Crippen molar-refractivity contribution < 1.29 is 8.42 Å². The first-order valence-electron chi connectivity index (χ1n) is 7.87. The van der Waals surface area contributed by atoms with E-state index in [4.69, 9.17) is 0 Å². The Kier molecular flexibility index (Phi) is 3.86. The Labute approximate surface area is 145 Å². The summed E-state index contributed by atoms with van der Waals surface area (Å²) in [5.74, 6) is 0. The number of hydrogen-bond donors (Lipinski definition) is 0. The van der Waals surface area contributed by atoms with Gasteiger partial charge in [0.15, 0.2) is 0 Å². The zero-order chi connectivity index (χ0) is 16.7. The Morgan fingerprint density at radius 2 is 1.92 bits per heavy atom. The quantitative estimate of drug-likeness (QED) is 0.718. The summed E-state index contributed by atoms with van der Waals surface area (Å²) in [7, 11) is -3.61. The van der Waals surface area contributed by atoms with Crippen molar-refractivity contribution in [1.29, 1.82) is 0 Å². The average Bonchev–Trinajstić information content (AvgIpc) is 3.24. The molecule has 1 aliphatic rings. The molecule has 1 unspecified atom stereocenters. The first-order valence-corrected chi connectivity index (χ1v) is 10.0. The van der Waals surface area contributed by atoms with Crippen molar-refractivity contribution in [2.75, 3.05) is 6.54 Å². The topological polar surface area (TPSA) is 63.2 Å². The Morgan fingerprint density at radius 1 is 1.12 bits per heavy atom. The Balaban J connectivity index is 1.78. The lowest BCUT2D eigenvalue weighted by molar-refractivity contribution is 0.397. The number of rotatable bonds is 3. The van der Waals surface area contributed by atoms with E-state index in [2.05, 4.69) is 8.75 Å². The van der Waals surface area contributed by atoms with Crippen LogP contribution in [0.1, 0.15) is 30.0 Å². The van der Waals surface area contributed by atoms with Crippen LogP contribution in [-0.4, -0.2) is 28.0 Å². The second-order valence-corrected chi connectivity index (χ2v) is 8.46. The molecule has 1 aromatic heterocycles. The lowest BCUT2D eigenvalue weighted by Gasteiger charge is -2.24. The molecule has 0 N–H and O–H groups in total. The van der Waals surface area contributed by atoms with Gasteiger partial charge in [0.25, 0.3) is 0 Å². The summed E-state index contributed by atoms with van der Waals surface area (Å²) in [6.07, 6.45) is 1.71. The van der Waals surface area contributed by atoms with Gasteiger partial charge in [-0.2, -0.15) is 13.1 Å². The molecule has 1 atom stereocenters. The van der Waals surface area contributed by atoms with Crippen molar-refractivity contribution in [2.24, 2.45) is 0 Å². The van der Waals surface area contributed by atoms with Crippen molar-refractivity contribution in [1.82, 2.24) is 13.1 Å². The lowest BCUT2D eigenvalue weighted by atomic mass is 10.0. The molecule has 0 aliphatic carbocycles. The van der Waals surface area contributed by atoms with Crippen LogP contribution in [-0.2, 0) is 10.0 Å². The van der Waals surface area contributed by atoms with Gasteiger partial charge < -0.3 is 0 Å². The minimum atomic E-state index is -3.61. The molecule has 4 rings (SSSR count). The van der Waals surface area contributed by atoms with Gasteiger partial charge in [0, 0.05) is 6.54 Å². The predicted molar refractivity (Wildman–Crippen MR) is 94.5 cm³/mol. The van der Waals surface area contributed by atoms with E-state index in [0.29, 0.717) is 17.6 Å². The maximum atomic E-state index is 13.3. The minimum Gasteiger partial charge on any atom is -0.207 e. The maximum Gasteiger partial charge on any atom is 0.245 e. The highest BCUT2D eigenvalue weighted by molar-refractivity contribution is 7.89. The maximum absolute atomic E-state index is 13.3. The Bertz CT molecular complexity index is 980. The van der Waals surface area contributed by atoms with Gasteiger partial charge in [-0.25, -0.2) is 8.42 Å². The molecule has 0 amide bonds. The van der Waals surface area contributed by atoms with Gasteiger partial charge in [0.05, 0.1) is 17.8 Å². The molecule has 2 aromatic carbocycles. The number of aryl methyl sites for hydroxylation is 1. The van der Waals surface area contributed by atoms with Crippen LogP contribution in [0.2, 0.25) is 0 Å². The monoisotopic (exact) mass is 359 g/mol. The van der Waals surface area contributed by atoms with Crippen LogP contribution in [0.4, 0.5) is 0 Å². The van der Waals surface area contributed by atoms with Crippen molar-refractivity contribution in [3.8, 4) is 0 Å². The summed E-state index contributed by atoms with van der Waals surface area (Å²) in [6.45, 7) is 2.57. The molecule has 7 heteroatoms. The van der Waals surface area contributed by atoms with Crippen LogP contribution in [0, 0.1) is 6.92 Å². The molecule has 1 fully saturated rings. The smallest absolute Gasteiger partial charge is 0.207 e. The molecular weight excluding hydrogens is 342 g/mol. The second-order valence-electron chi connectivity index (χ2n) is 6.07. The van der Waals surface area contributed by atoms with E-state index in [9.17, 15) is 8.42 Å². The molecule has 0 saturated carbocycles. The molecule has 2 heterocycles. The highest BCUT2D eigenvalue weighted by Crippen LogP contribution is 2.37. The molecular formula is C17H17N3O2S2. The molecule has 124 valence electrons. The zero-order valence-electron chi connectivity index (χ0n) is 13.2. The predicted octanol–water partition coefficient (Wildman–Crippen LogP) is 3.53. The number of nitrogens with zero attached hydrogens (tertiary/aromatic N) is 3. The molecule has 5 nitrogen and oxygen atoms in total. The molecule has 24 heavy (non-hydrogen) atoms.